The Hall–Kier alpha value is -1.17. The number of hydrogen-bond donors (Lipinski definition) is 2. The number of aryl methyl sites for hydroxylation is 1. The van der Waals surface area contributed by atoms with E-state index in [4.69, 9.17) is 10.3 Å². The first-order valence-corrected chi connectivity index (χ1v) is 9.73. The third-order valence-electron chi connectivity index (χ3n) is 4.00. The SMILES string of the molecule is CCC/C=C/C1CCC(N)CC1.Cc1ccc(S(=O)(=O)O)cc1. The fourth-order valence-electron chi connectivity index (χ4n) is 2.50. The lowest BCUT2D eigenvalue weighted by Gasteiger charge is -2.23. The maximum atomic E-state index is 10.5. The average Bonchev–Trinajstić information content (AvgIpc) is 2.50. The Balaban J connectivity index is 0.000000231. The van der Waals surface area contributed by atoms with Crippen molar-refractivity contribution in [3.05, 3.63) is 42.0 Å². The quantitative estimate of drug-likeness (QED) is 0.639. The second-order valence-electron chi connectivity index (χ2n) is 6.18. The number of hydrogen-bond acceptors (Lipinski definition) is 3. The topological polar surface area (TPSA) is 80.4 Å². The van der Waals surface area contributed by atoms with Crippen LogP contribution < -0.4 is 5.73 Å². The molecule has 0 atom stereocenters. The molecular weight excluding hydrogens is 310 g/mol. The average molecular weight is 340 g/mol. The third kappa shape index (κ3) is 8.30. The molecule has 0 aromatic heterocycles. The molecule has 0 unspecified atom stereocenters. The molecule has 130 valence electrons. The van der Waals surface area contributed by atoms with E-state index in [0.29, 0.717) is 6.04 Å². The van der Waals surface area contributed by atoms with Crippen LogP contribution in [0, 0.1) is 12.8 Å². The Morgan fingerprint density at radius 1 is 1.17 bits per heavy atom. The number of rotatable bonds is 4. The van der Waals surface area contributed by atoms with Crippen molar-refractivity contribution >= 4 is 10.1 Å². The highest BCUT2D eigenvalue weighted by atomic mass is 32.2. The molecule has 0 heterocycles. The summed E-state index contributed by atoms with van der Waals surface area (Å²) >= 11 is 0. The highest BCUT2D eigenvalue weighted by molar-refractivity contribution is 7.85. The zero-order valence-electron chi connectivity index (χ0n) is 14.1. The second-order valence-corrected chi connectivity index (χ2v) is 7.60. The van der Waals surface area contributed by atoms with Gasteiger partial charge in [-0.25, -0.2) is 0 Å². The highest BCUT2D eigenvalue weighted by Crippen LogP contribution is 2.24. The second kappa shape index (κ2) is 9.85. The molecule has 0 radical (unpaired) electrons. The third-order valence-corrected chi connectivity index (χ3v) is 4.87. The first-order valence-electron chi connectivity index (χ1n) is 8.29. The zero-order valence-corrected chi connectivity index (χ0v) is 14.9. The summed E-state index contributed by atoms with van der Waals surface area (Å²) in [5, 5.41) is 0. The molecular formula is C18H29NO3S. The summed E-state index contributed by atoms with van der Waals surface area (Å²) in [6.45, 7) is 4.06. The molecule has 1 fully saturated rings. The predicted octanol–water partition coefficient (Wildman–Crippen LogP) is 4.10. The lowest BCUT2D eigenvalue weighted by Crippen LogP contribution is -2.25. The van der Waals surface area contributed by atoms with Crippen LogP contribution in [0.4, 0.5) is 0 Å². The normalized spacial score (nSPS) is 21.7. The van der Waals surface area contributed by atoms with E-state index in [0.717, 1.165) is 11.5 Å². The fourth-order valence-corrected chi connectivity index (χ4v) is 2.98. The van der Waals surface area contributed by atoms with Gasteiger partial charge in [0.1, 0.15) is 0 Å². The van der Waals surface area contributed by atoms with Crippen LogP contribution in [-0.2, 0) is 10.1 Å². The molecule has 1 aliphatic rings. The van der Waals surface area contributed by atoms with Gasteiger partial charge in [0.15, 0.2) is 0 Å². The summed E-state index contributed by atoms with van der Waals surface area (Å²) in [6, 6.07) is 6.47. The molecule has 0 amide bonds. The Morgan fingerprint density at radius 3 is 2.22 bits per heavy atom. The molecule has 2 rings (SSSR count). The van der Waals surface area contributed by atoms with Crippen molar-refractivity contribution < 1.29 is 13.0 Å². The van der Waals surface area contributed by atoms with Crippen LogP contribution in [0.2, 0.25) is 0 Å². The molecule has 1 aliphatic carbocycles. The molecule has 23 heavy (non-hydrogen) atoms. The standard InChI is InChI=1S/C11H21N.C7H8O3S/c1-2-3-4-5-10-6-8-11(12)9-7-10;1-6-2-4-7(5-3-6)11(8,9)10/h4-5,10-11H,2-3,6-9,12H2,1H3;2-5H,1H3,(H,8,9,10)/b5-4+;. The van der Waals surface area contributed by atoms with Crippen LogP contribution in [0.1, 0.15) is 51.0 Å². The van der Waals surface area contributed by atoms with Crippen molar-refractivity contribution in [2.75, 3.05) is 0 Å². The van der Waals surface area contributed by atoms with E-state index in [1.54, 1.807) is 12.1 Å². The van der Waals surface area contributed by atoms with Crippen molar-refractivity contribution in [1.82, 2.24) is 0 Å². The lowest BCUT2D eigenvalue weighted by molar-refractivity contribution is 0.375. The number of allylic oxidation sites excluding steroid dienone is 2. The van der Waals surface area contributed by atoms with Gasteiger partial charge in [-0.2, -0.15) is 8.42 Å². The number of unbranched alkanes of at least 4 members (excludes halogenated alkanes) is 1. The van der Waals surface area contributed by atoms with E-state index in [9.17, 15) is 8.42 Å². The van der Waals surface area contributed by atoms with Crippen LogP contribution in [0.5, 0.6) is 0 Å². The largest absolute Gasteiger partial charge is 0.328 e. The fraction of sp³-hybridized carbons (Fsp3) is 0.556. The van der Waals surface area contributed by atoms with Crippen LogP contribution >= 0.6 is 0 Å². The van der Waals surface area contributed by atoms with E-state index in [2.05, 4.69) is 19.1 Å². The minimum atomic E-state index is -4.02. The monoisotopic (exact) mass is 339 g/mol. The smallest absolute Gasteiger partial charge is 0.294 e. The van der Waals surface area contributed by atoms with Gasteiger partial charge >= 0.3 is 0 Å². The van der Waals surface area contributed by atoms with E-state index in [1.807, 2.05) is 6.92 Å². The van der Waals surface area contributed by atoms with E-state index in [-0.39, 0.29) is 4.90 Å². The van der Waals surface area contributed by atoms with Crippen molar-refractivity contribution in [2.24, 2.45) is 11.7 Å². The Bertz CT molecular complexity index is 571. The molecule has 1 saturated carbocycles. The number of nitrogens with two attached hydrogens (primary N) is 1. The van der Waals surface area contributed by atoms with Gasteiger partial charge in [0, 0.05) is 6.04 Å². The van der Waals surface area contributed by atoms with Gasteiger partial charge in [-0.05, 0) is 57.1 Å². The van der Waals surface area contributed by atoms with Crippen LogP contribution in [0.25, 0.3) is 0 Å². The first kappa shape index (κ1) is 19.9. The van der Waals surface area contributed by atoms with E-state index in [1.165, 1.54) is 50.7 Å². The van der Waals surface area contributed by atoms with Crippen molar-refractivity contribution in [2.45, 2.75) is 63.3 Å². The molecule has 4 nitrogen and oxygen atoms in total. The Kier molecular flexibility index (Phi) is 8.52. The highest BCUT2D eigenvalue weighted by Gasteiger charge is 2.15. The van der Waals surface area contributed by atoms with E-state index < -0.39 is 10.1 Å². The van der Waals surface area contributed by atoms with Crippen LogP contribution in [0.3, 0.4) is 0 Å². The van der Waals surface area contributed by atoms with Gasteiger partial charge in [-0.1, -0.05) is 43.2 Å². The summed E-state index contributed by atoms with van der Waals surface area (Å²) in [5.41, 5.74) is 6.78. The van der Waals surface area contributed by atoms with Gasteiger partial charge in [-0.3, -0.25) is 4.55 Å². The molecule has 0 aliphatic heterocycles. The Labute approximate surface area is 140 Å². The maximum absolute atomic E-state index is 10.5. The first-order chi connectivity index (χ1) is 10.8. The minimum absolute atomic E-state index is 0.0666. The summed E-state index contributed by atoms with van der Waals surface area (Å²) < 4.78 is 29.6. The zero-order chi connectivity index (χ0) is 17.3. The lowest BCUT2D eigenvalue weighted by atomic mass is 9.86. The maximum Gasteiger partial charge on any atom is 0.294 e. The summed E-state index contributed by atoms with van der Waals surface area (Å²) in [4.78, 5) is -0.0666. The van der Waals surface area contributed by atoms with Gasteiger partial charge < -0.3 is 5.73 Å². The molecule has 3 N–H and O–H groups in total. The summed E-state index contributed by atoms with van der Waals surface area (Å²) in [7, 11) is -4.02. The van der Waals surface area contributed by atoms with E-state index >= 15 is 0 Å². The van der Waals surface area contributed by atoms with Crippen molar-refractivity contribution in [3.8, 4) is 0 Å². The summed E-state index contributed by atoms with van der Waals surface area (Å²) in [6.07, 6.45) is 12.3. The van der Waals surface area contributed by atoms with Gasteiger partial charge in [0.05, 0.1) is 4.90 Å². The van der Waals surface area contributed by atoms with Crippen LogP contribution in [-0.4, -0.2) is 19.0 Å². The predicted molar refractivity (Wildman–Crippen MR) is 95.0 cm³/mol. The molecule has 1 aromatic rings. The molecule has 1 aromatic carbocycles. The Morgan fingerprint density at radius 2 is 1.74 bits per heavy atom. The summed E-state index contributed by atoms with van der Waals surface area (Å²) in [5.74, 6) is 0.830. The van der Waals surface area contributed by atoms with Crippen LogP contribution in [0.15, 0.2) is 41.3 Å². The van der Waals surface area contributed by atoms with Gasteiger partial charge in [-0.15, -0.1) is 0 Å². The minimum Gasteiger partial charge on any atom is -0.328 e. The molecule has 0 bridgehead atoms. The molecule has 5 heteroatoms. The van der Waals surface area contributed by atoms with Crippen molar-refractivity contribution in [3.63, 3.8) is 0 Å². The number of benzene rings is 1. The molecule has 0 saturated heterocycles. The van der Waals surface area contributed by atoms with Crippen molar-refractivity contribution in [1.29, 1.82) is 0 Å². The van der Waals surface area contributed by atoms with Gasteiger partial charge in [0.2, 0.25) is 0 Å². The molecule has 0 spiro atoms. The van der Waals surface area contributed by atoms with Gasteiger partial charge in [0.25, 0.3) is 10.1 Å².